The molecule has 2 heterocycles. The van der Waals surface area contributed by atoms with Crippen molar-refractivity contribution in [1.82, 2.24) is 0 Å². The smallest absolute Gasteiger partial charge is 0.229 e. The molecular weight excluding hydrogens is 475 g/mol. The summed E-state index contributed by atoms with van der Waals surface area (Å²) in [7, 11) is 1.40. The Morgan fingerprint density at radius 3 is 2.31 bits per heavy atom. The van der Waals surface area contributed by atoms with Crippen LogP contribution in [0.3, 0.4) is 0 Å². The summed E-state index contributed by atoms with van der Waals surface area (Å²) in [5.74, 6) is 0.318. The molecule has 0 radical (unpaired) electrons. The van der Waals surface area contributed by atoms with Gasteiger partial charge in [-0.1, -0.05) is 23.2 Å². The molecule has 32 heavy (non-hydrogen) atoms. The molecule has 0 aromatic heterocycles. The van der Waals surface area contributed by atoms with Crippen molar-refractivity contribution < 1.29 is 54.3 Å². The first-order valence-corrected chi connectivity index (χ1v) is 10.4. The van der Waals surface area contributed by atoms with Gasteiger partial charge in [-0.05, 0) is 12.5 Å². The second kappa shape index (κ2) is 10.1. The van der Waals surface area contributed by atoms with Crippen molar-refractivity contribution in [3.63, 3.8) is 0 Å². The zero-order valence-electron chi connectivity index (χ0n) is 17.2. The summed E-state index contributed by atoms with van der Waals surface area (Å²) in [5, 5.41) is 60.5. The number of hydrogen-bond donors (Lipinski definition) is 6. The van der Waals surface area contributed by atoms with Gasteiger partial charge in [-0.25, -0.2) is 0 Å². The molecular formula is C19H26Cl2O11. The van der Waals surface area contributed by atoms with E-state index in [2.05, 4.69) is 0 Å². The van der Waals surface area contributed by atoms with Crippen molar-refractivity contribution >= 4 is 23.2 Å². The Hall–Kier alpha value is -0.960. The summed E-state index contributed by atoms with van der Waals surface area (Å²) < 4.78 is 26.9. The largest absolute Gasteiger partial charge is 0.495 e. The number of hydrogen-bond acceptors (Lipinski definition) is 11. The van der Waals surface area contributed by atoms with Gasteiger partial charge in [-0.2, -0.15) is 0 Å². The molecule has 0 bridgehead atoms. The van der Waals surface area contributed by atoms with Crippen molar-refractivity contribution in [3.05, 3.63) is 21.7 Å². The lowest BCUT2D eigenvalue weighted by Gasteiger charge is -2.40. The Kier molecular flexibility index (Phi) is 8.11. The van der Waals surface area contributed by atoms with Gasteiger partial charge in [0.05, 0.1) is 37.0 Å². The van der Waals surface area contributed by atoms with Gasteiger partial charge in [0.2, 0.25) is 6.29 Å². The fraction of sp³-hybridized carbons (Fsp3) is 0.684. The molecule has 0 aliphatic carbocycles. The average Bonchev–Trinajstić information content (AvgIpc) is 3.07. The second-order valence-electron chi connectivity index (χ2n) is 7.68. The van der Waals surface area contributed by atoms with Gasteiger partial charge in [0.25, 0.3) is 0 Å². The van der Waals surface area contributed by atoms with Gasteiger partial charge >= 0.3 is 0 Å². The number of halogens is 2. The standard InChI is InChI=1S/C19H26Cl2O11/c1-7-11(20)8(28-2)3-9(12(7)21)31-17-15(25)14(24)13(23)10(32-17)4-29-18-16(26)19(27,5-22)6-30-18/h3,10,13-18,22-27H,4-6H2,1-2H3/t10-,13-,14+,15-,16+,17-,18-,19?/m1/s1. The number of rotatable bonds is 7. The van der Waals surface area contributed by atoms with Gasteiger partial charge < -0.3 is 54.3 Å². The maximum absolute atomic E-state index is 10.3. The molecule has 1 aromatic rings. The average molecular weight is 501 g/mol. The number of aliphatic hydroxyl groups excluding tert-OH is 5. The van der Waals surface area contributed by atoms with E-state index < -0.39 is 61.9 Å². The molecule has 2 aliphatic rings. The third-order valence-corrected chi connectivity index (χ3v) is 6.43. The molecule has 0 spiro atoms. The predicted octanol–water partition coefficient (Wildman–Crippen LogP) is -1.05. The highest BCUT2D eigenvalue weighted by molar-refractivity contribution is 6.37. The molecule has 6 N–H and O–H groups in total. The summed E-state index contributed by atoms with van der Waals surface area (Å²) in [6.45, 7) is 0.105. The Morgan fingerprint density at radius 2 is 1.72 bits per heavy atom. The molecule has 2 fully saturated rings. The van der Waals surface area contributed by atoms with Crippen molar-refractivity contribution in [2.24, 2.45) is 0 Å². The third kappa shape index (κ3) is 4.79. The van der Waals surface area contributed by atoms with Crippen LogP contribution in [0, 0.1) is 6.92 Å². The topological polar surface area (TPSA) is 168 Å². The van der Waals surface area contributed by atoms with E-state index in [1.807, 2.05) is 0 Å². The van der Waals surface area contributed by atoms with Gasteiger partial charge in [0.15, 0.2) is 6.29 Å². The number of aliphatic hydroxyl groups is 6. The van der Waals surface area contributed by atoms with Crippen LogP contribution >= 0.6 is 23.2 Å². The van der Waals surface area contributed by atoms with E-state index in [0.29, 0.717) is 5.56 Å². The molecule has 0 saturated carbocycles. The first-order chi connectivity index (χ1) is 15.0. The third-order valence-electron chi connectivity index (χ3n) is 5.49. The van der Waals surface area contributed by atoms with Gasteiger partial charge in [0, 0.05) is 6.07 Å². The zero-order chi connectivity index (χ0) is 23.8. The van der Waals surface area contributed by atoms with Crippen LogP contribution in [0.15, 0.2) is 6.07 Å². The number of ether oxygens (including phenoxy) is 5. The lowest BCUT2D eigenvalue weighted by atomic mass is 9.99. The van der Waals surface area contributed by atoms with Crippen LogP contribution in [0.5, 0.6) is 11.5 Å². The minimum Gasteiger partial charge on any atom is -0.495 e. The number of methoxy groups -OCH3 is 1. The van der Waals surface area contributed by atoms with Crippen molar-refractivity contribution in [2.45, 2.75) is 55.6 Å². The van der Waals surface area contributed by atoms with Crippen LogP contribution in [0.2, 0.25) is 10.0 Å². The van der Waals surface area contributed by atoms with Crippen molar-refractivity contribution in [3.8, 4) is 11.5 Å². The molecule has 0 amide bonds. The Morgan fingerprint density at radius 1 is 1.06 bits per heavy atom. The van der Waals surface area contributed by atoms with Crippen LogP contribution in [-0.2, 0) is 14.2 Å². The maximum Gasteiger partial charge on any atom is 0.229 e. The Labute approximate surface area is 193 Å². The highest BCUT2D eigenvalue weighted by Gasteiger charge is 2.50. The first-order valence-electron chi connectivity index (χ1n) is 9.67. The molecule has 8 atom stereocenters. The Balaban J connectivity index is 1.72. The maximum atomic E-state index is 10.3. The van der Waals surface area contributed by atoms with Crippen LogP contribution in [-0.4, -0.2) is 106 Å². The predicted molar refractivity (Wildman–Crippen MR) is 109 cm³/mol. The van der Waals surface area contributed by atoms with Crippen LogP contribution in [0.25, 0.3) is 0 Å². The normalized spacial score (nSPS) is 37.5. The van der Waals surface area contributed by atoms with Gasteiger partial charge in [-0.15, -0.1) is 0 Å². The van der Waals surface area contributed by atoms with Crippen LogP contribution in [0.4, 0.5) is 0 Å². The van der Waals surface area contributed by atoms with Crippen LogP contribution in [0.1, 0.15) is 5.56 Å². The van der Waals surface area contributed by atoms with E-state index in [-0.39, 0.29) is 28.2 Å². The van der Waals surface area contributed by atoms with Crippen molar-refractivity contribution in [1.29, 1.82) is 0 Å². The SMILES string of the molecule is COc1cc(O[C@@H]2O[C@H](CO[C@@H]3OCC(O)(CO)[C@H]3O)[C@@H](O)[C@H](O)[C@H]2O)c(Cl)c(C)c1Cl. The molecule has 1 unspecified atom stereocenters. The molecule has 182 valence electrons. The van der Waals surface area contributed by atoms with E-state index >= 15 is 0 Å². The fourth-order valence-electron chi connectivity index (χ4n) is 3.35. The summed E-state index contributed by atoms with van der Waals surface area (Å²) in [5.41, 5.74) is -1.43. The van der Waals surface area contributed by atoms with Gasteiger partial charge in [0.1, 0.15) is 47.6 Å². The molecule has 11 nitrogen and oxygen atoms in total. The zero-order valence-corrected chi connectivity index (χ0v) is 18.7. The number of benzene rings is 1. The quantitative estimate of drug-likeness (QED) is 0.270. The molecule has 2 aliphatic heterocycles. The van der Waals surface area contributed by atoms with E-state index in [1.165, 1.54) is 13.2 Å². The lowest BCUT2D eigenvalue weighted by Crippen LogP contribution is -2.60. The summed E-state index contributed by atoms with van der Waals surface area (Å²) >= 11 is 12.4. The monoisotopic (exact) mass is 500 g/mol. The summed E-state index contributed by atoms with van der Waals surface area (Å²) in [6.07, 6.45) is -10.4. The fourth-order valence-corrected chi connectivity index (χ4v) is 3.82. The Bertz CT molecular complexity index is 812. The minimum absolute atomic E-state index is 0.0558. The summed E-state index contributed by atoms with van der Waals surface area (Å²) in [4.78, 5) is 0. The summed E-state index contributed by atoms with van der Waals surface area (Å²) in [6, 6.07) is 1.38. The van der Waals surface area contributed by atoms with E-state index in [1.54, 1.807) is 6.92 Å². The lowest BCUT2D eigenvalue weighted by molar-refractivity contribution is -0.289. The highest BCUT2D eigenvalue weighted by Crippen LogP contribution is 2.41. The van der Waals surface area contributed by atoms with E-state index in [0.717, 1.165) is 0 Å². The minimum atomic E-state index is -1.89. The molecule has 3 rings (SSSR count). The highest BCUT2D eigenvalue weighted by atomic mass is 35.5. The van der Waals surface area contributed by atoms with E-state index in [9.17, 15) is 30.6 Å². The van der Waals surface area contributed by atoms with Crippen LogP contribution < -0.4 is 9.47 Å². The molecule has 1 aromatic carbocycles. The molecule has 2 saturated heterocycles. The second-order valence-corrected chi connectivity index (χ2v) is 8.44. The van der Waals surface area contributed by atoms with Crippen molar-refractivity contribution in [2.75, 3.05) is 26.9 Å². The first kappa shape index (κ1) is 25.7. The van der Waals surface area contributed by atoms with Gasteiger partial charge in [-0.3, -0.25) is 0 Å². The van der Waals surface area contributed by atoms with E-state index in [4.69, 9.17) is 46.9 Å². The molecule has 13 heteroatoms.